The van der Waals surface area contributed by atoms with Gasteiger partial charge in [0.25, 0.3) is 0 Å². The third-order valence-corrected chi connectivity index (χ3v) is 7.06. The Balaban J connectivity index is 1.32. The number of carboxylic acid groups (broad SMARTS) is 1. The Morgan fingerprint density at radius 2 is 1.82 bits per heavy atom. The molecule has 0 aromatic heterocycles. The zero-order valence-corrected chi connectivity index (χ0v) is 16.8. The number of aliphatic carboxylic acids is 1. The van der Waals surface area contributed by atoms with E-state index in [1.807, 2.05) is 0 Å². The van der Waals surface area contributed by atoms with Gasteiger partial charge in [-0.1, -0.05) is 31.1 Å². The van der Waals surface area contributed by atoms with E-state index >= 15 is 0 Å². The zero-order valence-electron chi connectivity index (χ0n) is 16.8. The summed E-state index contributed by atoms with van der Waals surface area (Å²) in [6.07, 6.45) is 15.2. The molecule has 1 unspecified atom stereocenters. The van der Waals surface area contributed by atoms with E-state index < -0.39 is 5.97 Å². The molecule has 2 saturated carbocycles. The molecule has 4 rings (SSSR count). The van der Waals surface area contributed by atoms with E-state index in [1.165, 1.54) is 62.5 Å². The van der Waals surface area contributed by atoms with Crippen LogP contribution in [0.1, 0.15) is 76.2 Å². The van der Waals surface area contributed by atoms with Crippen LogP contribution in [0, 0.1) is 5.41 Å². The van der Waals surface area contributed by atoms with Crippen molar-refractivity contribution in [1.82, 2.24) is 5.32 Å². The molecule has 152 valence electrons. The van der Waals surface area contributed by atoms with Gasteiger partial charge in [0.15, 0.2) is 0 Å². The number of carbonyl (C=O) groups is 1. The summed E-state index contributed by atoms with van der Waals surface area (Å²) < 4.78 is 6.29. The lowest BCUT2D eigenvalue weighted by atomic mass is 9.72. The average molecular weight is 384 g/mol. The van der Waals surface area contributed by atoms with Gasteiger partial charge in [0, 0.05) is 12.5 Å². The second-order valence-electron chi connectivity index (χ2n) is 8.98. The number of carboxylic acids is 1. The number of rotatable bonds is 6. The van der Waals surface area contributed by atoms with Crippen molar-refractivity contribution in [2.75, 3.05) is 6.54 Å². The van der Waals surface area contributed by atoms with E-state index in [2.05, 4.69) is 35.7 Å². The minimum Gasteiger partial charge on any atom is -0.490 e. The lowest BCUT2D eigenvalue weighted by molar-refractivity contribution is -0.137. The molecule has 1 aromatic rings. The van der Waals surface area contributed by atoms with Crippen molar-refractivity contribution in [1.29, 1.82) is 0 Å². The zero-order chi connectivity index (χ0) is 19.4. The fourth-order valence-corrected chi connectivity index (χ4v) is 5.37. The molecule has 1 atom stereocenters. The van der Waals surface area contributed by atoms with Gasteiger partial charge in [0.05, 0.1) is 6.10 Å². The Morgan fingerprint density at radius 1 is 1.11 bits per heavy atom. The maximum Gasteiger partial charge on any atom is 0.303 e. The van der Waals surface area contributed by atoms with Crippen LogP contribution in [0.2, 0.25) is 0 Å². The normalized spacial score (nSPS) is 24.9. The van der Waals surface area contributed by atoms with Crippen molar-refractivity contribution in [3.05, 3.63) is 35.9 Å². The molecular formula is C24H33NO3. The van der Waals surface area contributed by atoms with Crippen LogP contribution in [0.4, 0.5) is 0 Å². The molecule has 1 heterocycles. The van der Waals surface area contributed by atoms with Gasteiger partial charge in [-0.3, -0.25) is 4.79 Å². The second-order valence-corrected chi connectivity index (χ2v) is 8.98. The number of hydrogen-bond acceptors (Lipinski definition) is 3. The van der Waals surface area contributed by atoms with Crippen LogP contribution in [0.3, 0.4) is 0 Å². The Morgan fingerprint density at radius 3 is 2.50 bits per heavy atom. The van der Waals surface area contributed by atoms with E-state index in [9.17, 15) is 4.79 Å². The van der Waals surface area contributed by atoms with Crippen LogP contribution in [0.5, 0.6) is 5.75 Å². The molecule has 28 heavy (non-hydrogen) atoms. The summed E-state index contributed by atoms with van der Waals surface area (Å²) in [5.41, 5.74) is 3.19. The van der Waals surface area contributed by atoms with E-state index in [-0.39, 0.29) is 12.5 Å². The van der Waals surface area contributed by atoms with Gasteiger partial charge in [0.1, 0.15) is 5.75 Å². The Labute approximate surface area is 168 Å². The van der Waals surface area contributed by atoms with Gasteiger partial charge in [-0.05, 0) is 86.6 Å². The number of benzene rings is 1. The summed E-state index contributed by atoms with van der Waals surface area (Å²) in [6, 6.07) is 8.67. The first kappa shape index (κ1) is 19.5. The van der Waals surface area contributed by atoms with Crippen molar-refractivity contribution >= 4 is 11.5 Å². The predicted molar refractivity (Wildman–Crippen MR) is 111 cm³/mol. The maximum atomic E-state index is 10.8. The van der Waals surface area contributed by atoms with E-state index in [4.69, 9.17) is 9.84 Å². The molecule has 1 aliphatic heterocycles. The third kappa shape index (κ3) is 4.78. The monoisotopic (exact) mass is 383 g/mol. The quantitative estimate of drug-likeness (QED) is 0.711. The number of nitrogens with one attached hydrogen (secondary N) is 1. The molecule has 0 saturated heterocycles. The largest absolute Gasteiger partial charge is 0.490 e. The minimum atomic E-state index is -0.731. The average Bonchev–Trinajstić information content (AvgIpc) is 3.17. The molecule has 2 N–H and O–H groups in total. The molecule has 0 amide bonds. The highest BCUT2D eigenvalue weighted by molar-refractivity contribution is 5.69. The summed E-state index contributed by atoms with van der Waals surface area (Å²) in [5, 5.41) is 12.3. The van der Waals surface area contributed by atoms with Crippen molar-refractivity contribution in [2.45, 2.75) is 82.8 Å². The molecule has 1 aromatic carbocycles. The first-order valence-corrected chi connectivity index (χ1v) is 11.0. The van der Waals surface area contributed by atoms with Gasteiger partial charge in [0.2, 0.25) is 0 Å². The summed E-state index contributed by atoms with van der Waals surface area (Å²) in [5.74, 6) is 0.249. The molecule has 2 aliphatic carbocycles. The molecule has 0 radical (unpaired) electrons. The lowest BCUT2D eigenvalue weighted by Gasteiger charge is -2.37. The molecule has 3 aliphatic rings. The Hall–Kier alpha value is -1.81. The maximum absolute atomic E-state index is 10.8. The molecular weight excluding hydrogens is 350 g/mol. The molecule has 0 bridgehead atoms. The summed E-state index contributed by atoms with van der Waals surface area (Å²) in [4.78, 5) is 10.8. The van der Waals surface area contributed by atoms with Crippen LogP contribution in [0.15, 0.2) is 30.3 Å². The van der Waals surface area contributed by atoms with Gasteiger partial charge in [-0.2, -0.15) is 0 Å². The predicted octanol–water partition coefficient (Wildman–Crippen LogP) is 5.18. The van der Waals surface area contributed by atoms with Crippen LogP contribution < -0.4 is 10.1 Å². The SMILES string of the molecule is O=C(O)CCC1C=C(c2ccc(OC3CCC4(CCCC4)CC3)cc2)CCN1. The highest BCUT2D eigenvalue weighted by Crippen LogP contribution is 2.49. The Bertz CT molecular complexity index is 693. The summed E-state index contributed by atoms with van der Waals surface area (Å²) in [6.45, 7) is 0.901. The van der Waals surface area contributed by atoms with Crippen molar-refractivity contribution in [3.8, 4) is 5.75 Å². The number of ether oxygens (including phenoxy) is 1. The molecule has 2 fully saturated rings. The molecule has 4 heteroatoms. The topological polar surface area (TPSA) is 58.6 Å². The van der Waals surface area contributed by atoms with Gasteiger partial charge in [-0.25, -0.2) is 0 Å². The second kappa shape index (κ2) is 8.69. The minimum absolute atomic E-state index is 0.154. The van der Waals surface area contributed by atoms with Crippen molar-refractivity contribution in [2.24, 2.45) is 5.41 Å². The highest BCUT2D eigenvalue weighted by atomic mass is 16.5. The standard InChI is InChI=1S/C24H33NO3/c26-23(27)8-5-20-17-19(11-16-25-20)18-3-6-21(7-4-18)28-22-9-14-24(15-10-22)12-1-2-13-24/h3-4,6-7,17,20,22,25H,1-2,5,8-16H2,(H,26,27). The molecule has 1 spiro atoms. The van der Waals surface area contributed by atoms with Crippen LogP contribution in [-0.2, 0) is 4.79 Å². The lowest BCUT2D eigenvalue weighted by Crippen LogP contribution is -2.32. The highest BCUT2D eigenvalue weighted by Gasteiger charge is 2.38. The fraction of sp³-hybridized carbons (Fsp3) is 0.625. The first-order chi connectivity index (χ1) is 13.6. The van der Waals surface area contributed by atoms with Gasteiger partial charge in [-0.15, -0.1) is 0 Å². The number of hydrogen-bond donors (Lipinski definition) is 2. The fourth-order valence-electron chi connectivity index (χ4n) is 5.37. The Kier molecular flexibility index (Phi) is 6.05. The third-order valence-electron chi connectivity index (χ3n) is 7.06. The first-order valence-electron chi connectivity index (χ1n) is 11.0. The van der Waals surface area contributed by atoms with Gasteiger partial charge < -0.3 is 15.2 Å². The van der Waals surface area contributed by atoms with Crippen molar-refractivity contribution < 1.29 is 14.6 Å². The van der Waals surface area contributed by atoms with E-state index in [0.29, 0.717) is 17.9 Å². The summed E-state index contributed by atoms with van der Waals surface area (Å²) in [7, 11) is 0. The smallest absolute Gasteiger partial charge is 0.303 e. The van der Waals surface area contributed by atoms with E-state index in [1.54, 1.807) is 0 Å². The van der Waals surface area contributed by atoms with Crippen molar-refractivity contribution in [3.63, 3.8) is 0 Å². The molecule has 4 nitrogen and oxygen atoms in total. The van der Waals surface area contributed by atoms with Crippen LogP contribution in [0.25, 0.3) is 5.57 Å². The van der Waals surface area contributed by atoms with Crippen LogP contribution >= 0.6 is 0 Å². The summed E-state index contributed by atoms with van der Waals surface area (Å²) >= 11 is 0. The van der Waals surface area contributed by atoms with Gasteiger partial charge >= 0.3 is 5.97 Å². The van der Waals surface area contributed by atoms with E-state index in [0.717, 1.165) is 18.7 Å². The van der Waals surface area contributed by atoms with Crippen LogP contribution in [-0.4, -0.2) is 29.8 Å².